The Labute approximate surface area is 298 Å². The van der Waals surface area contributed by atoms with Gasteiger partial charge in [-0.05, 0) is 74.2 Å². The Morgan fingerprint density at radius 1 is 0.620 bits per heavy atom. The zero-order valence-electron chi connectivity index (χ0n) is 30.3. The van der Waals surface area contributed by atoms with Gasteiger partial charge in [-0.2, -0.15) is 13.2 Å². The van der Waals surface area contributed by atoms with Crippen molar-refractivity contribution >= 4 is 5.97 Å². The van der Waals surface area contributed by atoms with Crippen LogP contribution < -0.4 is 4.74 Å². The summed E-state index contributed by atoms with van der Waals surface area (Å²) in [5, 5.41) is 0. The molecule has 0 saturated carbocycles. The molecule has 50 heavy (non-hydrogen) atoms. The third-order valence-electron chi connectivity index (χ3n) is 8.98. The molecule has 3 rings (SSSR count). The molecular formula is C42H58F3NO4. The van der Waals surface area contributed by atoms with E-state index < -0.39 is 12.3 Å². The number of pyridine rings is 1. The van der Waals surface area contributed by atoms with Crippen LogP contribution in [0.2, 0.25) is 0 Å². The van der Waals surface area contributed by atoms with Gasteiger partial charge < -0.3 is 14.2 Å². The topological polar surface area (TPSA) is 57.7 Å². The Balaban J connectivity index is 1.27. The van der Waals surface area contributed by atoms with Crippen LogP contribution in [0.15, 0.2) is 66.9 Å². The van der Waals surface area contributed by atoms with E-state index in [2.05, 4.69) is 11.9 Å². The van der Waals surface area contributed by atoms with Crippen LogP contribution >= 0.6 is 0 Å². The summed E-state index contributed by atoms with van der Waals surface area (Å²) in [4.78, 5) is 17.1. The smallest absolute Gasteiger partial charge is 0.414 e. The molecule has 0 spiro atoms. The molecule has 1 heterocycles. The molecule has 2 aromatic carbocycles. The fourth-order valence-electron chi connectivity index (χ4n) is 5.73. The maximum Gasteiger partial charge on any atom is 0.414 e. The van der Waals surface area contributed by atoms with Gasteiger partial charge in [0.25, 0.3) is 0 Å². The maximum absolute atomic E-state index is 12.5. The van der Waals surface area contributed by atoms with Crippen LogP contribution in [0.5, 0.6) is 5.75 Å². The number of rotatable bonds is 26. The second kappa shape index (κ2) is 23.9. The van der Waals surface area contributed by atoms with Crippen LogP contribution in [0.4, 0.5) is 13.2 Å². The predicted octanol–water partition coefficient (Wildman–Crippen LogP) is 12.6. The van der Waals surface area contributed by atoms with E-state index in [9.17, 15) is 18.0 Å². The number of alkyl halides is 3. The minimum Gasteiger partial charge on any atom is -0.494 e. The number of carbonyl (C=O) groups excluding carboxylic acids is 1. The highest BCUT2D eigenvalue weighted by atomic mass is 19.4. The summed E-state index contributed by atoms with van der Waals surface area (Å²) in [6.07, 6.45) is 15.5. The number of carbonyl (C=O) groups is 1. The van der Waals surface area contributed by atoms with Gasteiger partial charge in [0.2, 0.25) is 0 Å². The molecule has 0 N–H and O–H groups in total. The van der Waals surface area contributed by atoms with Crippen molar-refractivity contribution in [2.45, 2.75) is 135 Å². The van der Waals surface area contributed by atoms with E-state index in [-0.39, 0.29) is 12.6 Å². The zero-order valence-corrected chi connectivity index (χ0v) is 30.3. The van der Waals surface area contributed by atoms with E-state index in [0.717, 1.165) is 67.3 Å². The van der Waals surface area contributed by atoms with Crippen molar-refractivity contribution in [2.24, 2.45) is 0 Å². The molecule has 1 atom stereocenters. The summed E-state index contributed by atoms with van der Waals surface area (Å²) in [6.45, 7) is 4.44. The Hall–Kier alpha value is -3.39. The number of benzene rings is 2. The minimum absolute atomic E-state index is 0.0924. The van der Waals surface area contributed by atoms with Crippen molar-refractivity contribution < 1.29 is 32.2 Å². The third kappa shape index (κ3) is 16.5. The number of hydrogen-bond acceptors (Lipinski definition) is 5. The average Bonchev–Trinajstić information content (AvgIpc) is 3.12. The van der Waals surface area contributed by atoms with Gasteiger partial charge in [-0.3, -0.25) is 4.98 Å². The lowest BCUT2D eigenvalue weighted by Gasteiger charge is -2.16. The largest absolute Gasteiger partial charge is 0.494 e. The number of ether oxygens (including phenoxy) is 3. The maximum atomic E-state index is 12.5. The van der Waals surface area contributed by atoms with Gasteiger partial charge in [-0.25, -0.2) is 4.79 Å². The Bertz CT molecular complexity index is 1310. The van der Waals surface area contributed by atoms with Crippen molar-refractivity contribution in [2.75, 3.05) is 19.8 Å². The minimum atomic E-state index is -4.32. The lowest BCUT2D eigenvalue weighted by atomic mass is 10.0. The summed E-state index contributed by atoms with van der Waals surface area (Å²) in [5.41, 5.74) is 4.29. The Kier molecular flexibility index (Phi) is 19.6. The zero-order chi connectivity index (χ0) is 35.9. The highest BCUT2D eigenvalue weighted by Crippen LogP contribution is 2.26. The number of aromatic nitrogens is 1. The van der Waals surface area contributed by atoms with Crippen LogP contribution in [-0.2, 0) is 9.47 Å². The first-order chi connectivity index (χ1) is 24.3. The van der Waals surface area contributed by atoms with Crippen LogP contribution in [-0.4, -0.2) is 43.1 Å². The first-order valence-electron chi connectivity index (χ1n) is 18.9. The molecule has 0 fully saturated rings. The van der Waals surface area contributed by atoms with E-state index >= 15 is 0 Å². The quantitative estimate of drug-likeness (QED) is 0.0617. The van der Waals surface area contributed by atoms with E-state index in [1.54, 1.807) is 12.1 Å². The first kappa shape index (κ1) is 41.0. The Morgan fingerprint density at radius 3 is 1.66 bits per heavy atom. The second-order valence-corrected chi connectivity index (χ2v) is 13.2. The number of unbranched alkanes of at least 4 members (excludes halogenated alkanes) is 15. The van der Waals surface area contributed by atoms with Crippen LogP contribution in [0.25, 0.3) is 22.4 Å². The Morgan fingerprint density at radius 2 is 1.12 bits per heavy atom. The van der Waals surface area contributed by atoms with Crippen molar-refractivity contribution in [3.63, 3.8) is 0 Å². The van der Waals surface area contributed by atoms with E-state index in [0.29, 0.717) is 25.0 Å². The van der Waals surface area contributed by atoms with Gasteiger partial charge in [0.15, 0.2) is 6.10 Å². The number of esters is 1. The molecule has 0 radical (unpaired) electrons. The highest BCUT2D eigenvalue weighted by molar-refractivity contribution is 5.90. The summed E-state index contributed by atoms with van der Waals surface area (Å²) in [7, 11) is 0. The normalized spacial score (nSPS) is 12.2. The lowest BCUT2D eigenvalue weighted by Crippen LogP contribution is -2.28. The fourth-order valence-corrected chi connectivity index (χ4v) is 5.73. The molecule has 8 heteroatoms. The van der Waals surface area contributed by atoms with Gasteiger partial charge in [0.1, 0.15) is 5.75 Å². The van der Waals surface area contributed by atoms with Gasteiger partial charge in [-0.15, -0.1) is 0 Å². The fraction of sp³-hybridized carbons (Fsp3) is 0.571. The van der Waals surface area contributed by atoms with Crippen LogP contribution in [0.1, 0.15) is 133 Å². The molecule has 1 aromatic heterocycles. The molecule has 0 aliphatic heterocycles. The van der Waals surface area contributed by atoms with E-state index in [1.807, 2.05) is 54.7 Å². The van der Waals surface area contributed by atoms with E-state index in [1.165, 1.54) is 70.6 Å². The van der Waals surface area contributed by atoms with Crippen LogP contribution in [0.3, 0.4) is 0 Å². The molecule has 1 unspecified atom stereocenters. The molecule has 0 saturated heterocycles. The molecule has 5 nitrogen and oxygen atoms in total. The average molecular weight is 698 g/mol. The van der Waals surface area contributed by atoms with Gasteiger partial charge >= 0.3 is 12.1 Å². The summed E-state index contributed by atoms with van der Waals surface area (Å²) in [6, 6.07) is 19.4. The van der Waals surface area contributed by atoms with Crippen LogP contribution in [0, 0.1) is 0 Å². The molecule has 3 aromatic rings. The predicted molar refractivity (Wildman–Crippen MR) is 197 cm³/mol. The molecule has 276 valence electrons. The molecule has 0 bridgehead atoms. The SMILES string of the molecule is CCCCCCCCCCCCCCOc1ccc(-c2ccc(-c3ccc(C(=O)OCCCCCCCOC(C)C(F)(F)F)cc3)cn2)cc1. The number of nitrogens with zero attached hydrogens (tertiary/aromatic N) is 1. The first-order valence-corrected chi connectivity index (χ1v) is 18.9. The highest BCUT2D eigenvalue weighted by Gasteiger charge is 2.36. The number of hydrogen-bond donors (Lipinski definition) is 0. The summed E-state index contributed by atoms with van der Waals surface area (Å²) < 4.78 is 53.5. The third-order valence-corrected chi connectivity index (χ3v) is 8.98. The van der Waals surface area contributed by atoms with Gasteiger partial charge in [0.05, 0.1) is 24.5 Å². The standard InChI is InChI=1S/C42H58F3NO4/c1-3-4-5-6-7-8-9-10-11-12-14-18-31-49-39-27-24-36(25-28-39)40-29-26-38(33-46-40)35-20-22-37(23-21-35)41(47)50-32-19-16-13-15-17-30-48-34(2)42(43,44)45/h20-29,33-34H,3-19,30-32H2,1-2H3. The molecular weight excluding hydrogens is 639 g/mol. The van der Waals surface area contributed by atoms with Gasteiger partial charge in [-0.1, -0.05) is 115 Å². The van der Waals surface area contributed by atoms with Gasteiger partial charge in [0, 0.05) is 23.9 Å². The monoisotopic (exact) mass is 697 g/mol. The molecule has 0 amide bonds. The molecule has 0 aliphatic rings. The second-order valence-electron chi connectivity index (χ2n) is 13.2. The van der Waals surface area contributed by atoms with Crippen molar-refractivity contribution in [3.05, 3.63) is 72.4 Å². The van der Waals surface area contributed by atoms with Crippen molar-refractivity contribution in [3.8, 4) is 28.1 Å². The van der Waals surface area contributed by atoms with Crippen molar-refractivity contribution in [1.29, 1.82) is 0 Å². The molecule has 0 aliphatic carbocycles. The summed E-state index contributed by atoms with van der Waals surface area (Å²) in [5.74, 6) is 0.509. The lowest BCUT2D eigenvalue weighted by molar-refractivity contribution is -0.214. The summed E-state index contributed by atoms with van der Waals surface area (Å²) >= 11 is 0. The van der Waals surface area contributed by atoms with Crippen molar-refractivity contribution in [1.82, 2.24) is 4.98 Å². The van der Waals surface area contributed by atoms with E-state index in [4.69, 9.17) is 14.2 Å². The number of halogens is 3.